The fourth-order valence-electron chi connectivity index (χ4n) is 2.94. The number of benzene rings is 1. The zero-order valence-corrected chi connectivity index (χ0v) is 12.0. The van der Waals surface area contributed by atoms with Crippen molar-refractivity contribution in [2.24, 2.45) is 5.92 Å². The standard InChI is InChI=1S/C16H20N2O2/c1-11(2)16(19)18-9-7-12(8-10-18)15-13-5-3-4-6-14(13)20-17-15/h3-6,11-12H,7-10H2,1-2H3. The number of amides is 1. The van der Waals surface area contributed by atoms with E-state index < -0.39 is 0 Å². The summed E-state index contributed by atoms with van der Waals surface area (Å²) in [6, 6.07) is 7.98. The molecule has 1 aliphatic heterocycles. The summed E-state index contributed by atoms with van der Waals surface area (Å²) in [5.74, 6) is 0.739. The number of piperidine rings is 1. The molecule has 106 valence electrons. The van der Waals surface area contributed by atoms with Crippen LogP contribution in [0.1, 0.15) is 38.3 Å². The van der Waals surface area contributed by atoms with E-state index in [1.54, 1.807) is 0 Å². The molecule has 1 amide bonds. The lowest BCUT2D eigenvalue weighted by Crippen LogP contribution is -2.40. The molecule has 1 saturated heterocycles. The Labute approximate surface area is 118 Å². The lowest BCUT2D eigenvalue weighted by Gasteiger charge is -2.32. The van der Waals surface area contributed by atoms with Crippen LogP contribution in [0.15, 0.2) is 28.8 Å². The SMILES string of the molecule is CC(C)C(=O)N1CCC(c2noc3ccccc23)CC1. The Morgan fingerprint density at radius 2 is 2.00 bits per heavy atom. The number of carbonyl (C=O) groups is 1. The minimum Gasteiger partial charge on any atom is -0.356 e. The van der Waals surface area contributed by atoms with Gasteiger partial charge in [-0.2, -0.15) is 0 Å². The van der Waals surface area contributed by atoms with Crippen LogP contribution in [0, 0.1) is 5.92 Å². The maximum absolute atomic E-state index is 12.0. The Kier molecular flexibility index (Phi) is 3.47. The van der Waals surface area contributed by atoms with Gasteiger partial charge in [0.2, 0.25) is 5.91 Å². The van der Waals surface area contributed by atoms with Crippen molar-refractivity contribution in [2.75, 3.05) is 13.1 Å². The van der Waals surface area contributed by atoms with Gasteiger partial charge in [0, 0.05) is 30.3 Å². The van der Waals surface area contributed by atoms with Gasteiger partial charge in [0.25, 0.3) is 0 Å². The van der Waals surface area contributed by atoms with Gasteiger partial charge in [-0.05, 0) is 25.0 Å². The summed E-state index contributed by atoms with van der Waals surface area (Å²) >= 11 is 0. The van der Waals surface area contributed by atoms with Crippen LogP contribution in [0.4, 0.5) is 0 Å². The molecule has 0 saturated carbocycles. The zero-order valence-electron chi connectivity index (χ0n) is 12.0. The number of fused-ring (bicyclic) bond motifs is 1. The Hall–Kier alpha value is -1.84. The fraction of sp³-hybridized carbons (Fsp3) is 0.500. The molecule has 1 aromatic carbocycles. The minimum absolute atomic E-state index is 0.0828. The van der Waals surface area contributed by atoms with Gasteiger partial charge >= 0.3 is 0 Å². The van der Waals surface area contributed by atoms with E-state index in [1.807, 2.05) is 36.9 Å². The number of nitrogens with zero attached hydrogens (tertiary/aromatic N) is 2. The first-order chi connectivity index (χ1) is 9.66. The number of hydrogen-bond donors (Lipinski definition) is 0. The van der Waals surface area contributed by atoms with Crippen molar-refractivity contribution in [1.82, 2.24) is 10.1 Å². The van der Waals surface area contributed by atoms with Crippen molar-refractivity contribution < 1.29 is 9.32 Å². The molecule has 0 unspecified atom stereocenters. The molecule has 0 atom stereocenters. The number of para-hydroxylation sites is 1. The molecule has 2 heterocycles. The van der Waals surface area contributed by atoms with E-state index in [1.165, 1.54) is 0 Å². The average molecular weight is 272 g/mol. The molecule has 4 nitrogen and oxygen atoms in total. The molecule has 0 radical (unpaired) electrons. The van der Waals surface area contributed by atoms with Crippen molar-refractivity contribution in [3.63, 3.8) is 0 Å². The van der Waals surface area contributed by atoms with E-state index in [0.29, 0.717) is 5.92 Å². The first-order valence-electron chi connectivity index (χ1n) is 7.30. The van der Waals surface area contributed by atoms with Crippen LogP contribution in [0.2, 0.25) is 0 Å². The second-order valence-electron chi connectivity index (χ2n) is 5.82. The lowest BCUT2D eigenvalue weighted by atomic mass is 9.91. The molecule has 1 fully saturated rings. The zero-order chi connectivity index (χ0) is 14.1. The number of carbonyl (C=O) groups excluding carboxylic acids is 1. The third-order valence-corrected chi connectivity index (χ3v) is 4.09. The predicted octanol–water partition coefficient (Wildman–Crippen LogP) is 3.19. The van der Waals surface area contributed by atoms with E-state index in [9.17, 15) is 4.79 Å². The lowest BCUT2D eigenvalue weighted by molar-refractivity contribution is -0.135. The first kappa shape index (κ1) is 13.2. The molecule has 1 aromatic heterocycles. The molecule has 2 aromatic rings. The summed E-state index contributed by atoms with van der Waals surface area (Å²) in [4.78, 5) is 14.0. The first-order valence-corrected chi connectivity index (χ1v) is 7.30. The van der Waals surface area contributed by atoms with Gasteiger partial charge in [0.05, 0.1) is 5.69 Å². The minimum atomic E-state index is 0.0828. The van der Waals surface area contributed by atoms with Crippen molar-refractivity contribution in [1.29, 1.82) is 0 Å². The average Bonchev–Trinajstić information content (AvgIpc) is 2.90. The van der Waals surface area contributed by atoms with Crippen molar-refractivity contribution >= 4 is 16.9 Å². The summed E-state index contributed by atoms with van der Waals surface area (Å²) in [6.07, 6.45) is 1.93. The maximum atomic E-state index is 12.0. The van der Waals surface area contributed by atoms with Crippen LogP contribution in [0.25, 0.3) is 11.0 Å². The van der Waals surface area contributed by atoms with Gasteiger partial charge in [-0.15, -0.1) is 0 Å². The molecule has 0 bridgehead atoms. The number of hydrogen-bond acceptors (Lipinski definition) is 3. The Bertz CT molecular complexity index is 610. The number of likely N-dealkylation sites (tertiary alicyclic amines) is 1. The number of rotatable bonds is 2. The molecule has 0 spiro atoms. The van der Waals surface area contributed by atoms with E-state index in [2.05, 4.69) is 11.2 Å². The summed E-state index contributed by atoms with van der Waals surface area (Å²) in [6.45, 7) is 5.56. The highest BCUT2D eigenvalue weighted by Crippen LogP contribution is 2.32. The molecular weight excluding hydrogens is 252 g/mol. The highest BCUT2D eigenvalue weighted by molar-refractivity contribution is 5.80. The Morgan fingerprint density at radius 3 is 2.70 bits per heavy atom. The maximum Gasteiger partial charge on any atom is 0.225 e. The van der Waals surface area contributed by atoms with Gasteiger partial charge in [0.15, 0.2) is 5.58 Å². The monoisotopic (exact) mass is 272 g/mol. The molecule has 1 aliphatic rings. The molecule has 0 aliphatic carbocycles. The van der Waals surface area contributed by atoms with Gasteiger partial charge in [-0.25, -0.2) is 0 Å². The number of aromatic nitrogens is 1. The largest absolute Gasteiger partial charge is 0.356 e. The van der Waals surface area contributed by atoms with Crippen LogP contribution >= 0.6 is 0 Å². The Balaban J connectivity index is 1.74. The molecule has 3 rings (SSSR count). The predicted molar refractivity (Wildman–Crippen MR) is 77.4 cm³/mol. The van der Waals surface area contributed by atoms with Crippen molar-refractivity contribution in [3.05, 3.63) is 30.0 Å². The van der Waals surface area contributed by atoms with Crippen LogP contribution in [-0.2, 0) is 4.79 Å². The highest BCUT2D eigenvalue weighted by atomic mass is 16.5. The quantitative estimate of drug-likeness (QED) is 0.843. The van der Waals surface area contributed by atoms with Crippen molar-refractivity contribution in [2.45, 2.75) is 32.6 Å². The van der Waals surface area contributed by atoms with Crippen LogP contribution < -0.4 is 0 Å². The molecule has 0 N–H and O–H groups in total. The van der Waals surface area contributed by atoms with Crippen LogP contribution in [-0.4, -0.2) is 29.1 Å². The van der Waals surface area contributed by atoms with Crippen LogP contribution in [0.5, 0.6) is 0 Å². The summed E-state index contributed by atoms with van der Waals surface area (Å²) in [7, 11) is 0. The highest BCUT2D eigenvalue weighted by Gasteiger charge is 2.27. The van der Waals surface area contributed by atoms with Crippen molar-refractivity contribution in [3.8, 4) is 0 Å². The second kappa shape index (κ2) is 5.27. The summed E-state index contributed by atoms with van der Waals surface area (Å²) < 4.78 is 5.38. The topological polar surface area (TPSA) is 46.3 Å². The van der Waals surface area contributed by atoms with Crippen LogP contribution in [0.3, 0.4) is 0 Å². The molecule has 4 heteroatoms. The van der Waals surface area contributed by atoms with Gasteiger partial charge in [-0.3, -0.25) is 4.79 Å². The van der Waals surface area contributed by atoms with Gasteiger partial charge in [0.1, 0.15) is 0 Å². The summed E-state index contributed by atoms with van der Waals surface area (Å²) in [5, 5.41) is 5.36. The third kappa shape index (κ3) is 2.30. The van der Waals surface area contributed by atoms with E-state index in [0.717, 1.165) is 42.6 Å². The smallest absolute Gasteiger partial charge is 0.225 e. The second-order valence-corrected chi connectivity index (χ2v) is 5.82. The fourth-order valence-corrected chi connectivity index (χ4v) is 2.94. The third-order valence-electron chi connectivity index (χ3n) is 4.09. The van der Waals surface area contributed by atoms with E-state index >= 15 is 0 Å². The van der Waals surface area contributed by atoms with Gasteiger partial charge < -0.3 is 9.42 Å². The van der Waals surface area contributed by atoms with E-state index in [-0.39, 0.29) is 11.8 Å². The molecular formula is C16H20N2O2. The van der Waals surface area contributed by atoms with E-state index in [4.69, 9.17) is 4.52 Å². The normalized spacial score (nSPS) is 17.1. The van der Waals surface area contributed by atoms with Gasteiger partial charge in [-0.1, -0.05) is 31.1 Å². The Morgan fingerprint density at radius 1 is 1.30 bits per heavy atom. The molecule has 20 heavy (non-hydrogen) atoms. The summed E-state index contributed by atoms with van der Waals surface area (Å²) in [5.41, 5.74) is 1.90.